The summed E-state index contributed by atoms with van der Waals surface area (Å²) in [6, 6.07) is 0.124. The van der Waals surface area contributed by atoms with Gasteiger partial charge in [-0.05, 0) is 56.9 Å². The Bertz CT molecular complexity index is 501. The quantitative estimate of drug-likeness (QED) is 0.864. The molecule has 0 spiro atoms. The van der Waals surface area contributed by atoms with Crippen LogP contribution in [0.1, 0.15) is 61.1 Å². The predicted octanol–water partition coefficient (Wildman–Crippen LogP) is 1.76. The Kier molecular flexibility index (Phi) is 3.41. The van der Waals surface area contributed by atoms with E-state index in [4.69, 9.17) is 4.52 Å². The van der Waals surface area contributed by atoms with Crippen LogP contribution >= 0.6 is 0 Å². The van der Waals surface area contributed by atoms with Crippen LogP contribution in [0.25, 0.3) is 0 Å². The maximum atomic E-state index is 12.6. The van der Waals surface area contributed by atoms with Crippen LogP contribution in [0.4, 0.5) is 0 Å². The van der Waals surface area contributed by atoms with Gasteiger partial charge < -0.3 is 14.7 Å². The molecule has 1 saturated heterocycles. The van der Waals surface area contributed by atoms with Gasteiger partial charge in [0.1, 0.15) is 0 Å². The Morgan fingerprint density at radius 2 is 1.90 bits per heavy atom. The standard InChI is InChI=1S/C15H22N4O2/c20-15(19(8-10-3-4-10)9-11-5-6-11)13-17-14(21-18-13)12-2-1-7-16-12/h10-12,16H,1-9H2. The van der Waals surface area contributed by atoms with E-state index < -0.39 is 0 Å². The number of hydrogen-bond donors (Lipinski definition) is 1. The minimum absolute atomic E-state index is 0.0539. The topological polar surface area (TPSA) is 71.3 Å². The van der Waals surface area contributed by atoms with Crippen molar-refractivity contribution in [2.24, 2.45) is 11.8 Å². The average Bonchev–Trinajstić information content (AvgIpc) is 3.36. The Morgan fingerprint density at radius 1 is 1.19 bits per heavy atom. The first-order valence-electron chi connectivity index (χ1n) is 8.16. The van der Waals surface area contributed by atoms with Crippen molar-refractivity contribution < 1.29 is 9.32 Å². The molecule has 1 unspecified atom stereocenters. The van der Waals surface area contributed by atoms with Crippen LogP contribution in [0, 0.1) is 11.8 Å². The van der Waals surface area contributed by atoms with E-state index in [0.717, 1.165) is 32.5 Å². The zero-order valence-corrected chi connectivity index (χ0v) is 12.3. The zero-order valence-electron chi connectivity index (χ0n) is 12.3. The third-order valence-corrected chi connectivity index (χ3v) is 4.63. The van der Waals surface area contributed by atoms with Crippen molar-refractivity contribution in [3.05, 3.63) is 11.7 Å². The van der Waals surface area contributed by atoms with Gasteiger partial charge in [0.05, 0.1) is 6.04 Å². The lowest BCUT2D eigenvalue weighted by atomic mass is 10.2. The molecule has 1 amide bonds. The summed E-state index contributed by atoms with van der Waals surface area (Å²) >= 11 is 0. The highest BCUT2D eigenvalue weighted by atomic mass is 16.5. The molecule has 1 N–H and O–H groups in total. The summed E-state index contributed by atoms with van der Waals surface area (Å²) in [5, 5.41) is 7.24. The monoisotopic (exact) mass is 290 g/mol. The Balaban J connectivity index is 1.45. The second-order valence-electron chi connectivity index (χ2n) is 6.70. The molecule has 6 nitrogen and oxygen atoms in total. The van der Waals surface area contributed by atoms with Gasteiger partial charge in [0, 0.05) is 13.1 Å². The number of rotatable bonds is 6. The first-order valence-corrected chi connectivity index (χ1v) is 8.16. The first kappa shape index (κ1) is 13.2. The summed E-state index contributed by atoms with van der Waals surface area (Å²) < 4.78 is 5.29. The van der Waals surface area contributed by atoms with Gasteiger partial charge in [-0.25, -0.2) is 0 Å². The third kappa shape index (κ3) is 3.10. The lowest BCUT2D eigenvalue weighted by Gasteiger charge is -2.20. The zero-order chi connectivity index (χ0) is 14.2. The van der Waals surface area contributed by atoms with Crippen LogP contribution in [0.5, 0.6) is 0 Å². The Morgan fingerprint density at radius 3 is 2.48 bits per heavy atom. The van der Waals surface area contributed by atoms with Crippen molar-refractivity contribution in [2.45, 2.75) is 44.6 Å². The van der Waals surface area contributed by atoms with Gasteiger partial charge in [-0.1, -0.05) is 5.16 Å². The summed E-state index contributed by atoms with van der Waals surface area (Å²) in [6.45, 7) is 2.70. The van der Waals surface area contributed by atoms with E-state index in [1.54, 1.807) is 0 Å². The van der Waals surface area contributed by atoms with Crippen LogP contribution in [-0.4, -0.2) is 40.6 Å². The van der Waals surface area contributed by atoms with E-state index in [1.807, 2.05) is 4.90 Å². The molecular formula is C15H22N4O2. The van der Waals surface area contributed by atoms with Crippen LogP contribution in [-0.2, 0) is 0 Å². The van der Waals surface area contributed by atoms with Crippen LogP contribution in [0.2, 0.25) is 0 Å². The molecule has 0 bridgehead atoms. The summed E-state index contributed by atoms with van der Waals surface area (Å²) in [5.41, 5.74) is 0. The first-order chi connectivity index (χ1) is 10.3. The summed E-state index contributed by atoms with van der Waals surface area (Å²) in [6.07, 6.45) is 7.11. The molecule has 1 aromatic heterocycles. The van der Waals surface area contributed by atoms with E-state index in [2.05, 4.69) is 15.5 Å². The number of hydrogen-bond acceptors (Lipinski definition) is 5. The molecule has 3 aliphatic rings. The normalized spacial score (nSPS) is 25.2. The van der Waals surface area contributed by atoms with Gasteiger partial charge in [0.25, 0.3) is 11.7 Å². The maximum Gasteiger partial charge on any atom is 0.295 e. The SMILES string of the molecule is O=C(c1noc(C2CCCN2)n1)N(CC1CC1)CC1CC1. The molecule has 2 saturated carbocycles. The van der Waals surface area contributed by atoms with E-state index >= 15 is 0 Å². The van der Waals surface area contributed by atoms with Crippen LogP contribution in [0.15, 0.2) is 4.52 Å². The smallest absolute Gasteiger partial charge is 0.295 e. The summed E-state index contributed by atoms with van der Waals surface area (Å²) in [7, 11) is 0. The molecule has 114 valence electrons. The number of carbonyl (C=O) groups is 1. The average molecular weight is 290 g/mol. The third-order valence-electron chi connectivity index (χ3n) is 4.63. The van der Waals surface area contributed by atoms with Gasteiger partial charge in [-0.3, -0.25) is 4.79 Å². The highest BCUT2D eigenvalue weighted by Crippen LogP contribution is 2.34. The molecule has 21 heavy (non-hydrogen) atoms. The van der Waals surface area contributed by atoms with Crippen molar-refractivity contribution in [1.29, 1.82) is 0 Å². The van der Waals surface area contributed by atoms with Gasteiger partial charge in [-0.2, -0.15) is 4.98 Å². The number of amides is 1. The fourth-order valence-corrected chi connectivity index (χ4v) is 2.96. The molecule has 0 radical (unpaired) electrons. The molecule has 1 aromatic rings. The van der Waals surface area contributed by atoms with Gasteiger partial charge in [0.2, 0.25) is 5.89 Å². The molecule has 1 atom stereocenters. The number of aromatic nitrogens is 2. The molecule has 6 heteroatoms. The van der Waals surface area contributed by atoms with Gasteiger partial charge >= 0.3 is 0 Å². The molecule has 3 fully saturated rings. The molecule has 2 heterocycles. The second kappa shape index (κ2) is 5.40. The largest absolute Gasteiger partial charge is 0.337 e. The molecule has 1 aliphatic heterocycles. The summed E-state index contributed by atoms with van der Waals surface area (Å²) in [4.78, 5) is 18.9. The van der Waals surface area contributed by atoms with Crippen molar-refractivity contribution in [3.63, 3.8) is 0 Å². The second-order valence-corrected chi connectivity index (χ2v) is 6.70. The molecular weight excluding hydrogens is 268 g/mol. The van der Waals surface area contributed by atoms with E-state index in [9.17, 15) is 4.79 Å². The minimum atomic E-state index is -0.0539. The van der Waals surface area contributed by atoms with E-state index in [0.29, 0.717) is 17.7 Å². The number of carbonyl (C=O) groups excluding carboxylic acids is 1. The number of nitrogens with one attached hydrogen (secondary N) is 1. The van der Waals surface area contributed by atoms with Gasteiger partial charge in [-0.15, -0.1) is 0 Å². The van der Waals surface area contributed by atoms with Crippen LogP contribution < -0.4 is 5.32 Å². The minimum Gasteiger partial charge on any atom is -0.337 e. The number of nitrogens with zero attached hydrogens (tertiary/aromatic N) is 3. The highest BCUT2D eigenvalue weighted by molar-refractivity contribution is 5.90. The van der Waals surface area contributed by atoms with E-state index in [1.165, 1.54) is 25.7 Å². The van der Waals surface area contributed by atoms with E-state index in [-0.39, 0.29) is 17.8 Å². The summed E-state index contributed by atoms with van der Waals surface area (Å²) in [5.74, 6) is 2.13. The van der Waals surface area contributed by atoms with Crippen LogP contribution in [0.3, 0.4) is 0 Å². The predicted molar refractivity (Wildman–Crippen MR) is 75.6 cm³/mol. The van der Waals surface area contributed by atoms with Crippen molar-refractivity contribution in [2.75, 3.05) is 19.6 Å². The fourth-order valence-electron chi connectivity index (χ4n) is 2.96. The highest BCUT2D eigenvalue weighted by Gasteiger charge is 2.34. The molecule has 2 aliphatic carbocycles. The van der Waals surface area contributed by atoms with Gasteiger partial charge in [0.15, 0.2) is 0 Å². The molecule has 4 rings (SSSR count). The lowest BCUT2D eigenvalue weighted by Crippen LogP contribution is -2.35. The van der Waals surface area contributed by atoms with Crippen molar-refractivity contribution in [1.82, 2.24) is 20.4 Å². The van der Waals surface area contributed by atoms with Crippen molar-refractivity contribution in [3.8, 4) is 0 Å². The molecule has 0 aromatic carbocycles. The van der Waals surface area contributed by atoms with Crippen molar-refractivity contribution >= 4 is 5.91 Å². The Labute approximate surface area is 124 Å². The Hall–Kier alpha value is -1.43. The maximum absolute atomic E-state index is 12.6. The lowest BCUT2D eigenvalue weighted by molar-refractivity contribution is 0.0724. The fraction of sp³-hybridized carbons (Fsp3) is 0.800.